The molecule has 2 aromatic rings. The maximum absolute atomic E-state index is 12.0. The molecular weight excluding hydrogens is 252 g/mol. The molecule has 1 aromatic carbocycles. The number of nitrogens with zero attached hydrogens (tertiary/aromatic N) is 1. The summed E-state index contributed by atoms with van der Waals surface area (Å²) < 4.78 is 0. The van der Waals surface area contributed by atoms with Crippen LogP contribution in [0.3, 0.4) is 0 Å². The zero-order valence-electron chi connectivity index (χ0n) is 9.64. The van der Waals surface area contributed by atoms with Gasteiger partial charge in [-0.3, -0.25) is 9.78 Å². The number of carbonyl (C=O) groups excluding carboxylic acids is 1. The van der Waals surface area contributed by atoms with Gasteiger partial charge in [0.1, 0.15) is 5.75 Å². The lowest BCUT2D eigenvalue weighted by molar-refractivity contribution is 0.102. The van der Waals surface area contributed by atoms with Gasteiger partial charge in [0.15, 0.2) is 0 Å². The number of hydrogen-bond donors (Lipinski definition) is 2. The highest BCUT2D eigenvalue weighted by Gasteiger charge is 2.13. The van der Waals surface area contributed by atoms with E-state index < -0.39 is 0 Å². The second kappa shape index (κ2) is 5.06. The third-order valence-corrected chi connectivity index (χ3v) is 2.81. The van der Waals surface area contributed by atoms with Gasteiger partial charge in [0.25, 0.3) is 5.91 Å². The quantitative estimate of drug-likeness (QED) is 0.818. The molecule has 0 fully saturated rings. The highest BCUT2D eigenvalue weighted by molar-refractivity contribution is 6.34. The van der Waals surface area contributed by atoms with Crippen molar-refractivity contribution < 1.29 is 9.90 Å². The van der Waals surface area contributed by atoms with Crippen molar-refractivity contribution in [1.82, 2.24) is 4.98 Å². The van der Waals surface area contributed by atoms with Crippen molar-refractivity contribution in [2.75, 3.05) is 5.32 Å². The molecule has 1 amide bonds. The molecule has 0 aliphatic heterocycles. The van der Waals surface area contributed by atoms with Crippen LogP contribution in [0.5, 0.6) is 5.75 Å². The zero-order chi connectivity index (χ0) is 13.1. The number of para-hydroxylation sites is 1. The number of anilines is 1. The third kappa shape index (κ3) is 2.43. The number of aryl methyl sites for hydroxylation is 1. The Bertz CT molecular complexity index is 579. The standard InChI is InChI=1S/C13H11ClN2O2/c1-8-3-2-4-11(17)12(8)16-13(18)9-5-6-15-7-10(9)14/h2-7,17H,1H3,(H,16,18). The molecule has 0 saturated carbocycles. The molecule has 2 rings (SSSR count). The number of aromatic hydroxyl groups is 1. The molecule has 92 valence electrons. The lowest BCUT2D eigenvalue weighted by Gasteiger charge is -2.10. The van der Waals surface area contributed by atoms with Crippen LogP contribution in [0.4, 0.5) is 5.69 Å². The number of amides is 1. The van der Waals surface area contributed by atoms with Crippen molar-refractivity contribution in [3.05, 3.63) is 52.8 Å². The molecule has 0 radical (unpaired) electrons. The van der Waals surface area contributed by atoms with Crippen LogP contribution in [0.25, 0.3) is 0 Å². The molecule has 0 saturated heterocycles. The third-order valence-electron chi connectivity index (χ3n) is 2.51. The first-order valence-corrected chi connectivity index (χ1v) is 5.67. The van der Waals surface area contributed by atoms with Crippen molar-refractivity contribution >= 4 is 23.2 Å². The summed E-state index contributed by atoms with van der Waals surface area (Å²) in [6, 6.07) is 6.53. The molecule has 0 atom stereocenters. The number of rotatable bonds is 2. The number of phenolic OH excluding ortho intramolecular Hbond substituents is 1. The van der Waals surface area contributed by atoms with Crippen LogP contribution in [0.15, 0.2) is 36.7 Å². The number of carbonyl (C=O) groups is 1. The van der Waals surface area contributed by atoms with E-state index in [9.17, 15) is 9.90 Å². The van der Waals surface area contributed by atoms with Gasteiger partial charge in [-0.1, -0.05) is 23.7 Å². The number of halogens is 1. The fourth-order valence-electron chi connectivity index (χ4n) is 1.56. The van der Waals surface area contributed by atoms with Gasteiger partial charge in [-0.2, -0.15) is 0 Å². The summed E-state index contributed by atoms with van der Waals surface area (Å²) in [6.45, 7) is 1.80. The van der Waals surface area contributed by atoms with E-state index in [2.05, 4.69) is 10.3 Å². The number of hydrogen-bond acceptors (Lipinski definition) is 3. The second-order valence-electron chi connectivity index (χ2n) is 3.78. The Morgan fingerprint density at radius 1 is 1.39 bits per heavy atom. The molecule has 1 aromatic heterocycles. The molecule has 0 spiro atoms. The number of nitrogens with one attached hydrogen (secondary N) is 1. The maximum Gasteiger partial charge on any atom is 0.257 e. The predicted octanol–water partition coefficient (Wildman–Crippen LogP) is 3.00. The lowest BCUT2D eigenvalue weighted by atomic mass is 10.1. The van der Waals surface area contributed by atoms with Crippen LogP contribution in [-0.4, -0.2) is 16.0 Å². The van der Waals surface area contributed by atoms with Crippen LogP contribution >= 0.6 is 11.6 Å². The van der Waals surface area contributed by atoms with Crippen LogP contribution in [0, 0.1) is 6.92 Å². The van der Waals surface area contributed by atoms with E-state index in [4.69, 9.17) is 11.6 Å². The van der Waals surface area contributed by atoms with Crippen molar-refractivity contribution in [3.8, 4) is 5.75 Å². The van der Waals surface area contributed by atoms with Crippen LogP contribution < -0.4 is 5.32 Å². The van der Waals surface area contributed by atoms with Crippen molar-refractivity contribution in [2.24, 2.45) is 0 Å². The zero-order valence-corrected chi connectivity index (χ0v) is 10.4. The van der Waals surface area contributed by atoms with Gasteiger partial charge in [-0.15, -0.1) is 0 Å². The number of phenols is 1. The summed E-state index contributed by atoms with van der Waals surface area (Å²) in [5.41, 5.74) is 1.47. The van der Waals surface area contributed by atoms with E-state index in [1.165, 1.54) is 24.5 Å². The molecule has 0 bridgehead atoms. The summed E-state index contributed by atoms with van der Waals surface area (Å²) in [5, 5.41) is 12.6. The highest BCUT2D eigenvalue weighted by Crippen LogP contribution is 2.27. The van der Waals surface area contributed by atoms with Crippen LogP contribution in [0.2, 0.25) is 5.02 Å². The Kier molecular flexibility index (Phi) is 3.48. The van der Waals surface area contributed by atoms with E-state index >= 15 is 0 Å². The fourth-order valence-corrected chi connectivity index (χ4v) is 1.76. The monoisotopic (exact) mass is 262 g/mol. The summed E-state index contributed by atoms with van der Waals surface area (Å²) in [4.78, 5) is 15.8. The number of aromatic nitrogens is 1. The predicted molar refractivity (Wildman–Crippen MR) is 70.0 cm³/mol. The fraction of sp³-hybridized carbons (Fsp3) is 0.0769. The van der Waals surface area contributed by atoms with E-state index in [1.807, 2.05) is 0 Å². The lowest BCUT2D eigenvalue weighted by Crippen LogP contribution is -2.13. The average Bonchev–Trinajstić information content (AvgIpc) is 2.34. The highest BCUT2D eigenvalue weighted by atomic mass is 35.5. The first-order chi connectivity index (χ1) is 8.59. The average molecular weight is 263 g/mol. The van der Waals surface area contributed by atoms with Gasteiger partial charge >= 0.3 is 0 Å². The normalized spacial score (nSPS) is 10.1. The van der Waals surface area contributed by atoms with Gasteiger partial charge in [0.05, 0.1) is 16.3 Å². The van der Waals surface area contributed by atoms with Crippen LogP contribution in [-0.2, 0) is 0 Å². The summed E-state index contributed by atoms with van der Waals surface area (Å²) in [7, 11) is 0. The molecule has 0 unspecified atom stereocenters. The number of benzene rings is 1. The Morgan fingerprint density at radius 3 is 2.83 bits per heavy atom. The van der Waals surface area contributed by atoms with Crippen LogP contribution in [0.1, 0.15) is 15.9 Å². The summed E-state index contributed by atoms with van der Waals surface area (Å²) in [6.07, 6.45) is 2.88. The maximum atomic E-state index is 12.0. The van der Waals surface area contributed by atoms with E-state index in [-0.39, 0.29) is 16.7 Å². The molecule has 0 aliphatic rings. The Balaban J connectivity index is 2.30. The van der Waals surface area contributed by atoms with E-state index in [0.29, 0.717) is 11.3 Å². The van der Waals surface area contributed by atoms with Crippen molar-refractivity contribution in [1.29, 1.82) is 0 Å². The van der Waals surface area contributed by atoms with Crippen molar-refractivity contribution in [2.45, 2.75) is 6.92 Å². The van der Waals surface area contributed by atoms with Gasteiger partial charge in [0, 0.05) is 12.4 Å². The molecule has 1 heterocycles. The Morgan fingerprint density at radius 2 is 2.17 bits per heavy atom. The summed E-state index contributed by atoms with van der Waals surface area (Å²) >= 11 is 5.88. The largest absolute Gasteiger partial charge is 0.506 e. The van der Waals surface area contributed by atoms with Gasteiger partial charge in [-0.05, 0) is 24.6 Å². The van der Waals surface area contributed by atoms with Gasteiger partial charge in [-0.25, -0.2) is 0 Å². The second-order valence-corrected chi connectivity index (χ2v) is 4.19. The SMILES string of the molecule is Cc1cccc(O)c1NC(=O)c1ccncc1Cl. The Labute approximate surface area is 109 Å². The number of pyridine rings is 1. The molecule has 2 N–H and O–H groups in total. The first-order valence-electron chi connectivity index (χ1n) is 5.29. The van der Waals surface area contributed by atoms with E-state index in [0.717, 1.165) is 5.56 Å². The molecule has 18 heavy (non-hydrogen) atoms. The minimum atomic E-state index is -0.382. The first kappa shape index (κ1) is 12.4. The Hall–Kier alpha value is -2.07. The molecule has 0 aliphatic carbocycles. The smallest absolute Gasteiger partial charge is 0.257 e. The summed E-state index contributed by atoms with van der Waals surface area (Å²) in [5.74, 6) is -0.361. The minimum Gasteiger partial charge on any atom is -0.506 e. The minimum absolute atomic E-state index is 0.0218. The van der Waals surface area contributed by atoms with Crippen molar-refractivity contribution in [3.63, 3.8) is 0 Å². The molecule has 4 nitrogen and oxygen atoms in total. The molecular formula is C13H11ClN2O2. The van der Waals surface area contributed by atoms with Gasteiger partial charge < -0.3 is 10.4 Å². The van der Waals surface area contributed by atoms with Gasteiger partial charge in [0.2, 0.25) is 0 Å². The van der Waals surface area contributed by atoms with E-state index in [1.54, 1.807) is 19.1 Å². The topological polar surface area (TPSA) is 62.2 Å². The molecule has 5 heteroatoms.